The van der Waals surface area contributed by atoms with Crippen LogP contribution in [0.3, 0.4) is 0 Å². The molecule has 0 bridgehead atoms. The predicted octanol–water partition coefficient (Wildman–Crippen LogP) is 1.62. The molecule has 0 aliphatic carbocycles. The smallest absolute Gasteiger partial charge is 0.303 e. The Bertz CT molecular complexity index is 749. The highest BCUT2D eigenvalue weighted by Crippen LogP contribution is 2.19. The second kappa shape index (κ2) is 5.24. The largest absolute Gasteiger partial charge is 0.481 e. The van der Waals surface area contributed by atoms with Gasteiger partial charge in [-0.2, -0.15) is 0 Å². The van der Waals surface area contributed by atoms with Gasteiger partial charge in [0.1, 0.15) is 5.82 Å². The number of imidazole rings is 1. The Labute approximate surface area is 116 Å². The summed E-state index contributed by atoms with van der Waals surface area (Å²) in [6, 6.07) is 4.71. The van der Waals surface area contributed by atoms with Crippen LogP contribution in [0.1, 0.15) is 19.2 Å². The molecule has 20 heavy (non-hydrogen) atoms. The van der Waals surface area contributed by atoms with Crippen molar-refractivity contribution in [1.29, 1.82) is 0 Å². The van der Waals surface area contributed by atoms with Crippen molar-refractivity contribution in [1.82, 2.24) is 9.97 Å². The van der Waals surface area contributed by atoms with Gasteiger partial charge in [-0.25, -0.2) is 13.4 Å². The van der Waals surface area contributed by atoms with Crippen LogP contribution in [0.4, 0.5) is 0 Å². The van der Waals surface area contributed by atoms with Crippen LogP contribution in [0.5, 0.6) is 0 Å². The molecule has 0 aliphatic rings. The number of aromatic amines is 1. The number of nitrogens with zero attached hydrogens (tertiary/aromatic N) is 1. The van der Waals surface area contributed by atoms with Gasteiger partial charge >= 0.3 is 5.97 Å². The molecule has 1 atom stereocenters. The van der Waals surface area contributed by atoms with E-state index in [9.17, 15) is 13.2 Å². The second-order valence-corrected chi connectivity index (χ2v) is 7.06. The summed E-state index contributed by atoms with van der Waals surface area (Å²) in [4.78, 5) is 18.2. The highest BCUT2D eigenvalue weighted by Gasteiger charge is 2.13. The Balaban J connectivity index is 2.28. The topological polar surface area (TPSA) is 100 Å². The normalized spacial score (nSPS) is 13.5. The number of hydrogen-bond acceptors (Lipinski definition) is 4. The van der Waals surface area contributed by atoms with Crippen molar-refractivity contribution in [3.8, 4) is 0 Å². The van der Waals surface area contributed by atoms with E-state index in [1.54, 1.807) is 12.1 Å². The third kappa shape index (κ3) is 3.36. The molecule has 1 aromatic heterocycles. The molecule has 6 nitrogen and oxygen atoms in total. The molecule has 0 saturated carbocycles. The molecule has 1 aromatic carbocycles. The van der Waals surface area contributed by atoms with Gasteiger partial charge in [0.2, 0.25) is 0 Å². The van der Waals surface area contributed by atoms with Gasteiger partial charge in [-0.05, 0) is 24.1 Å². The summed E-state index contributed by atoms with van der Waals surface area (Å²) in [5, 5.41) is 8.73. The number of carboxylic acids is 1. The van der Waals surface area contributed by atoms with Crippen molar-refractivity contribution in [2.45, 2.75) is 24.7 Å². The molecule has 0 fully saturated rings. The van der Waals surface area contributed by atoms with Crippen LogP contribution in [0, 0.1) is 5.92 Å². The second-order valence-electron chi connectivity index (χ2n) is 5.04. The number of H-pyrrole nitrogens is 1. The maximum atomic E-state index is 11.5. The number of carbonyl (C=O) groups is 1. The fourth-order valence-corrected chi connectivity index (χ4v) is 2.72. The highest BCUT2D eigenvalue weighted by atomic mass is 32.2. The van der Waals surface area contributed by atoms with Crippen molar-refractivity contribution in [2.75, 3.05) is 6.26 Å². The Morgan fingerprint density at radius 3 is 2.75 bits per heavy atom. The summed E-state index contributed by atoms with van der Waals surface area (Å²) >= 11 is 0. The van der Waals surface area contributed by atoms with Crippen LogP contribution in [0.2, 0.25) is 0 Å². The fourth-order valence-electron chi connectivity index (χ4n) is 2.07. The summed E-state index contributed by atoms with van der Waals surface area (Å²) in [5.74, 6) is -0.213. The molecule has 1 unspecified atom stereocenters. The zero-order chi connectivity index (χ0) is 14.9. The van der Waals surface area contributed by atoms with E-state index in [2.05, 4.69) is 9.97 Å². The Morgan fingerprint density at radius 1 is 1.45 bits per heavy atom. The predicted molar refractivity (Wildman–Crippen MR) is 74.3 cm³/mol. The quantitative estimate of drug-likeness (QED) is 0.873. The summed E-state index contributed by atoms with van der Waals surface area (Å²) in [6.07, 6.45) is 1.74. The lowest BCUT2D eigenvalue weighted by molar-refractivity contribution is -0.137. The molecule has 7 heteroatoms. The number of nitrogens with one attached hydrogen (secondary N) is 1. The van der Waals surface area contributed by atoms with Gasteiger partial charge < -0.3 is 10.1 Å². The van der Waals surface area contributed by atoms with E-state index >= 15 is 0 Å². The van der Waals surface area contributed by atoms with E-state index in [0.717, 1.165) is 6.26 Å². The van der Waals surface area contributed by atoms with Gasteiger partial charge in [0.25, 0.3) is 0 Å². The molecule has 2 rings (SSSR count). The molecule has 0 aliphatic heterocycles. The van der Waals surface area contributed by atoms with E-state index in [4.69, 9.17) is 5.11 Å². The number of aromatic nitrogens is 2. The monoisotopic (exact) mass is 296 g/mol. The van der Waals surface area contributed by atoms with E-state index in [-0.39, 0.29) is 17.2 Å². The van der Waals surface area contributed by atoms with Crippen LogP contribution in [0.25, 0.3) is 11.0 Å². The first-order chi connectivity index (χ1) is 9.25. The first-order valence-electron chi connectivity index (χ1n) is 6.16. The minimum Gasteiger partial charge on any atom is -0.481 e. The first-order valence-corrected chi connectivity index (χ1v) is 8.05. The fraction of sp³-hybridized carbons (Fsp3) is 0.385. The Morgan fingerprint density at radius 2 is 2.15 bits per heavy atom. The SMILES string of the molecule is CC(CC(=O)O)Cc1nc2ccc(S(C)(=O)=O)cc2[nH]1. The lowest BCUT2D eigenvalue weighted by Crippen LogP contribution is -2.07. The van der Waals surface area contributed by atoms with Gasteiger partial charge in [0.05, 0.1) is 15.9 Å². The summed E-state index contributed by atoms with van der Waals surface area (Å²) in [6.45, 7) is 1.84. The molecule has 2 N–H and O–H groups in total. The van der Waals surface area contributed by atoms with Crippen molar-refractivity contribution >= 4 is 26.8 Å². The van der Waals surface area contributed by atoms with Gasteiger partial charge in [-0.1, -0.05) is 6.92 Å². The molecule has 0 radical (unpaired) electrons. The lowest BCUT2D eigenvalue weighted by Gasteiger charge is -2.04. The number of benzene rings is 1. The van der Waals surface area contributed by atoms with Crippen molar-refractivity contribution in [2.24, 2.45) is 5.92 Å². The minimum atomic E-state index is -3.25. The Kier molecular flexibility index (Phi) is 3.80. The van der Waals surface area contributed by atoms with E-state index in [0.29, 0.717) is 23.3 Å². The maximum absolute atomic E-state index is 11.5. The summed E-state index contributed by atoms with van der Waals surface area (Å²) < 4.78 is 23.0. The number of rotatable bonds is 5. The van der Waals surface area contributed by atoms with E-state index < -0.39 is 15.8 Å². The number of carboxylic acid groups (broad SMARTS) is 1. The lowest BCUT2D eigenvalue weighted by atomic mass is 10.0. The zero-order valence-electron chi connectivity index (χ0n) is 11.3. The van der Waals surface area contributed by atoms with Gasteiger partial charge in [0, 0.05) is 19.1 Å². The summed E-state index contributed by atoms with van der Waals surface area (Å²) in [7, 11) is -3.25. The average Bonchev–Trinajstić information content (AvgIpc) is 2.66. The standard InChI is InChI=1S/C13H16N2O4S/c1-8(6-13(16)17)5-12-14-10-4-3-9(20(2,18)19)7-11(10)15-12/h3-4,7-8H,5-6H2,1-2H3,(H,14,15)(H,16,17). The molecular formula is C13H16N2O4S. The van der Waals surface area contributed by atoms with E-state index in [1.807, 2.05) is 6.92 Å². The Hall–Kier alpha value is -1.89. The highest BCUT2D eigenvalue weighted by molar-refractivity contribution is 7.90. The number of fused-ring (bicyclic) bond motifs is 1. The van der Waals surface area contributed by atoms with Crippen molar-refractivity contribution < 1.29 is 18.3 Å². The molecular weight excluding hydrogens is 280 g/mol. The average molecular weight is 296 g/mol. The van der Waals surface area contributed by atoms with Crippen LogP contribution in [-0.4, -0.2) is 35.7 Å². The molecule has 2 aromatic rings. The third-order valence-electron chi connectivity index (χ3n) is 3.00. The number of aliphatic carboxylic acids is 1. The van der Waals surface area contributed by atoms with Crippen molar-refractivity contribution in [3.05, 3.63) is 24.0 Å². The number of hydrogen-bond donors (Lipinski definition) is 2. The summed E-state index contributed by atoms with van der Waals surface area (Å²) in [5.41, 5.74) is 1.32. The van der Waals surface area contributed by atoms with Gasteiger partial charge in [-0.3, -0.25) is 4.79 Å². The van der Waals surface area contributed by atoms with Crippen molar-refractivity contribution in [3.63, 3.8) is 0 Å². The maximum Gasteiger partial charge on any atom is 0.303 e. The third-order valence-corrected chi connectivity index (χ3v) is 4.11. The molecule has 0 spiro atoms. The molecule has 108 valence electrons. The molecule has 0 saturated heterocycles. The van der Waals surface area contributed by atoms with Crippen LogP contribution in [-0.2, 0) is 21.1 Å². The first kappa shape index (κ1) is 14.5. The van der Waals surface area contributed by atoms with Crippen LogP contribution >= 0.6 is 0 Å². The van der Waals surface area contributed by atoms with Crippen LogP contribution in [0.15, 0.2) is 23.1 Å². The molecule has 1 heterocycles. The minimum absolute atomic E-state index is 0.0394. The van der Waals surface area contributed by atoms with Gasteiger partial charge in [-0.15, -0.1) is 0 Å². The van der Waals surface area contributed by atoms with Crippen LogP contribution < -0.4 is 0 Å². The number of sulfone groups is 1. The zero-order valence-corrected chi connectivity index (χ0v) is 12.1. The van der Waals surface area contributed by atoms with Gasteiger partial charge in [0.15, 0.2) is 9.84 Å². The van der Waals surface area contributed by atoms with E-state index in [1.165, 1.54) is 6.07 Å². The molecule has 0 amide bonds.